The van der Waals surface area contributed by atoms with Crippen LogP contribution in [0.25, 0.3) is 75.1 Å². The molecule has 0 radical (unpaired) electrons. The normalized spacial score (nSPS) is 11.7. The monoisotopic (exact) mass is 643 g/mol. The molecular weight excluding hydrogens is 615 g/mol. The molecule has 0 atom stereocenters. The van der Waals surface area contributed by atoms with Gasteiger partial charge in [0.1, 0.15) is 5.58 Å². The lowest BCUT2D eigenvalue weighted by Gasteiger charge is -2.27. The molecule has 0 aliphatic rings. The minimum absolute atomic E-state index is 0.870. The second kappa shape index (κ2) is 11.2. The fourth-order valence-electron chi connectivity index (χ4n) is 7.37. The summed E-state index contributed by atoms with van der Waals surface area (Å²) in [4.78, 5) is 2.36. The molecule has 230 valence electrons. The van der Waals surface area contributed by atoms with Crippen LogP contribution in [0.4, 0.5) is 17.1 Å². The van der Waals surface area contributed by atoms with Crippen molar-refractivity contribution >= 4 is 81.3 Å². The van der Waals surface area contributed by atoms with Crippen molar-refractivity contribution in [3.05, 3.63) is 176 Å². The maximum Gasteiger partial charge on any atom is 0.160 e. The quantitative estimate of drug-likeness (QED) is 0.186. The maximum absolute atomic E-state index is 6.80. The number of hydrogen-bond donors (Lipinski definition) is 0. The Morgan fingerprint density at radius 2 is 1.12 bits per heavy atom. The van der Waals surface area contributed by atoms with Crippen molar-refractivity contribution in [1.29, 1.82) is 0 Å². The van der Waals surface area contributed by atoms with Crippen molar-refractivity contribution < 1.29 is 4.42 Å². The highest BCUT2D eigenvalue weighted by Gasteiger charge is 2.23. The zero-order valence-electron chi connectivity index (χ0n) is 26.5. The molecule has 2 heterocycles. The Morgan fingerprint density at radius 3 is 2.00 bits per heavy atom. The van der Waals surface area contributed by atoms with Gasteiger partial charge in [0.05, 0.1) is 11.4 Å². The van der Waals surface area contributed by atoms with Gasteiger partial charge >= 0.3 is 0 Å². The lowest BCUT2D eigenvalue weighted by molar-refractivity contribution is 0.669. The van der Waals surface area contributed by atoms with E-state index in [1.165, 1.54) is 47.6 Å². The largest absolute Gasteiger partial charge is 0.454 e. The van der Waals surface area contributed by atoms with Crippen LogP contribution in [0.5, 0.6) is 0 Å². The SMILES string of the molecule is c1ccc(-c2ccc(N(c3ccc(-c4ccc5sc6ccccc6c5c4)cc3)c3cccc4ccccc34)c3oc4ccccc4c23)cc1. The van der Waals surface area contributed by atoms with E-state index in [4.69, 9.17) is 4.42 Å². The standard InChI is InChI=1S/C46H29NOS/c1-2-11-32(12-3-1)36-26-27-41(46-45(36)38-17-6-8-19-42(38)48-46)47(40-18-10-14-31-13-4-5-15-35(31)40)34-24-21-30(22-25-34)33-23-28-44-39(29-33)37-16-7-9-20-43(37)49-44/h1-29H. The van der Waals surface area contributed by atoms with E-state index in [0.717, 1.165) is 44.6 Å². The summed E-state index contributed by atoms with van der Waals surface area (Å²) in [6, 6.07) is 63.1. The number of para-hydroxylation sites is 1. The molecule has 0 aliphatic heterocycles. The Hall–Kier alpha value is -6.16. The molecule has 49 heavy (non-hydrogen) atoms. The lowest BCUT2D eigenvalue weighted by Crippen LogP contribution is -2.11. The molecule has 0 fully saturated rings. The summed E-state index contributed by atoms with van der Waals surface area (Å²) in [5.41, 5.74) is 9.65. The van der Waals surface area contributed by atoms with Crippen LogP contribution in [0.1, 0.15) is 0 Å². The van der Waals surface area contributed by atoms with Crippen molar-refractivity contribution in [2.45, 2.75) is 0 Å². The smallest absolute Gasteiger partial charge is 0.160 e. The van der Waals surface area contributed by atoms with Gasteiger partial charge in [-0.05, 0) is 76.2 Å². The molecule has 0 saturated heterocycles. The Labute approximate surface area is 287 Å². The molecule has 10 aromatic rings. The summed E-state index contributed by atoms with van der Waals surface area (Å²) in [7, 11) is 0. The fourth-order valence-corrected chi connectivity index (χ4v) is 8.46. The molecule has 0 aliphatic carbocycles. The molecule has 0 amide bonds. The van der Waals surface area contributed by atoms with E-state index < -0.39 is 0 Å². The zero-order chi connectivity index (χ0) is 32.3. The van der Waals surface area contributed by atoms with E-state index in [1.54, 1.807) is 0 Å². The molecule has 0 N–H and O–H groups in total. The van der Waals surface area contributed by atoms with E-state index in [9.17, 15) is 0 Å². The summed E-state index contributed by atoms with van der Waals surface area (Å²) in [6.07, 6.45) is 0. The van der Waals surface area contributed by atoms with Gasteiger partial charge in [-0.3, -0.25) is 0 Å². The predicted molar refractivity (Wildman–Crippen MR) is 210 cm³/mol. The number of nitrogens with zero attached hydrogens (tertiary/aromatic N) is 1. The first-order valence-corrected chi connectivity index (χ1v) is 17.4. The molecular formula is C46H29NOS. The van der Waals surface area contributed by atoms with Crippen LogP contribution >= 0.6 is 11.3 Å². The summed E-state index contributed by atoms with van der Waals surface area (Å²) in [6.45, 7) is 0. The highest BCUT2D eigenvalue weighted by Crippen LogP contribution is 2.47. The molecule has 2 nitrogen and oxygen atoms in total. The summed E-state index contributed by atoms with van der Waals surface area (Å²) >= 11 is 1.85. The Kier molecular flexibility index (Phi) is 6.39. The van der Waals surface area contributed by atoms with Gasteiger partial charge in [0.15, 0.2) is 5.58 Å². The first kappa shape index (κ1) is 27.9. The third kappa shape index (κ3) is 4.55. The van der Waals surface area contributed by atoms with Gasteiger partial charge in [-0.1, -0.05) is 127 Å². The van der Waals surface area contributed by atoms with Gasteiger partial charge in [0.25, 0.3) is 0 Å². The lowest BCUT2D eigenvalue weighted by atomic mass is 9.97. The predicted octanol–water partition coefficient (Wildman–Crippen LogP) is 13.9. The average Bonchev–Trinajstić information content (AvgIpc) is 3.75. The molecule has 2 aromatic heterocycles. The molecule has 0 spiro atoms. The Bertz CT molecular complexity index is 2820. The van der Waals surface area contributed by atoms with Crippen molar-refractivity contribution in [1.82, 2.24) is 0 Å². The molecule has 10 rings (SSSR count). The maximum atomic E-state index is 6.80. The van der Waals surface area contributed by atoms with E-state index in [1.807, 2.05) is 17.4 Å². The Balaban J connectivity index is 1.19. The molecule has 0 bridgehead atoms. The minimum atomic E-state index is 0.870. The zero-order valence-corrected chi connectivity index (χ0v) is 27.3. The third-order valence-electron chi connectivity index (χ3n) is 9.67. The number of benzene rings is 8. The summed E-state index contributed by atoms with van der Waals surface area (Å²) in [5.74, 6) is 0. The number of anilines is 3. The first-order valence-electron chi connectivity index (χ1n) is 16.6. The number of rotatable bonds is 5. The van der Waals surface area contributed by atoms with Crippen LogP contribution in [0.15, 0.2) is 180 Å². The van der Waals surface area contributed by atoms with Crippen LogP contribution in [0, 0.1) is 0 Å². The molecule has 8 aromatic carbocycles. The average molecular weight is 644 g/mol. The van der Waals surface area contributed by atoms with Gasteiger partial charge in [-0.2, -0.15) is 0 Å². The van der Waals surface area contributed by atoms with Gasteiger partial charge in [0.2, 0.25) is 0 Å². The fraction of sp³-hybridized carbons (Fsp3) is 0. The van der Waals surface area contributed by atoms with Gasteiger partial charge in [-0.15, -0.1) is 11.3 Å². The molecule has 0 unspecified atom stereocenters. The van der Waals surface area contributed by atoms with Crippen LogP contribution < -0.4 is 4.90 Å². The van der Waals surface area contributed by atoms with Crippen LogP contribution in [0.3, 0.4) is 0 Å². The number of fused-ring (bicyclic) bond motifs is 7. The van der Waals surface area contributed by atoms with E-state index in [-0.39, 0.29) is 0 Å². The third-order valence-corrected chi connectivity index (χ3v) is 10.8. The van der Waals surface area contributed by atoms with Crippen molar-refractivity contribution in [2.24, 2.45) is 0 Å². The van der Waals surface area contributed by atoms with Crippen LogP contribution in [0.2, 0.25) is 0 Å². The summed E-state index contributed by atoms with van der Waals surface area (Å²) in [5, 5.41) is 7.24. The first-order chi connectivity index (χ1) is 24.3. The van der Waals surface area contributed by atoms with E-state index in [2.05, 4.69) is 175 Å². The van der Waals surface area contributed by atoms with Gasteiger partial charge < -0.3 is 9.32 Å². The van der Waals surface area contributed by atoms with Gasteiger partial charge in [-0.25, -0.2) is 0 Å². The van der Waals surface area contributed by atoms with Gasteiger partial charge in [0, 0.05) is 42.0 Å². The van der Waals surface area contributed by atoms with Crippen LogP contribution in [-0.4, -0.2) is 0 Å². The highest BCUT2D eigenvalue weighted by atomic mass is 32.1. The molecule has 3 heteroatoms. The summed E-state index contributed by atoms with van der Waals surface area (Å²) < 4.78 is 9.44. The minimum Gasteiger partial charge on any atom is -0.454 e. The number of hydrogen-bond acceptors (Lipinski definition) is 3. The number of thiophene rings is 1. The van der Waals surface area contributed by atoms with Crippen LogP contribution in [-0.2, 0) is 0 Å². The second-order valence-electron chi connectivity index (χ2n) is 12.5. The molecule has 0 saturated carbocycles. The van der Waals surface area contributed by atoms with E-state index in [0.29, 0.717) is 0 Å². The van der Waals surface area contributed by atoms with Crippen molar-refractivity contribution in [2.75, 3.05) is 4.90 Å². The topological polar surface area (TPSA) is 16.4 Å². The van der Waals surface area contributed by atoms with Crippen molar-refractivity contribution in [3.63, 3.8) is 0 Å². The van der Waals surface area contributed by atoms with Crippen molar-refractivity contribution in [3.8, 4) is 22.3 Å². The Morgan fingerprint density at radius 1 is 0.429 bits per heavy atom. The number of furan rings is 1. The second-order valence-corrected chi connectivity index (χ2v) is 13.6. The highest BCUT2D eigenvalue weighted by molar-refractivity contribution is 7.25. The van der Waals surface area contributed by atoms with E-state index >= 15 is 0 Å².